The molecule has 1 N–H and O–H groups in total. The van der Waals surface area contributed by atoms with Crippen molar-refractivity contribution in [2.75, 3.05) is 11.6 Å². The maximum atomic E-state index is 12.6. The molecule has 1 amide bonds. The van der Waals surface area contributed by atoms with Crippen molar-refractivity contribution in [3.05, 3.63) is 82.3 Å². The van der Waals surface area contributed by atoms with E-state index in [2.05, 4.69) is 25.4 Å². The number of azide groups is 1. The van der Waals surface area contributed by atoms with Crippen LogP contribution in [0.3, 0.4) is 0 Å². The molecule has 2 aromatic heterocycles. The van der Waals surface area contributed by atoms with Gasteiger partial charge in [0.2, 0.25) is 5.91 Å². The number of benzene rings is 1. The molecule has 1 aromatic carbocycles. The standard InChI is InChI=1S/C23H23N7O3S/c1-34(32,33)14-18-10-20(5-6-21(18)16-2-3-16)28-23(31)7-4-17-11-25-9-8-22(17)19-12-27-30(13-19)15-26-29-24/h4-13,16H,2-3,14-15H2,1H3,(H,28,31)/b7-4+. The van der Waals surface area contributed by atoms with Gasteiger partial charge >= 0.3 is 0 Å². The number of rotatable bonds is 9. The Hall–Kier alpha value is -3.95. The molecule has 1 aliphatic rings. The molecular weight excluding hydrogens is 454 g/mol. The first-order valence-electron chi connectivity index (χ1n) is 10.6. The van der Waals surface area contributed by atoms with Crippen molar-refractivity contribution in [1.29, 1.82) is 0 Å². The van der Waals surface area contributed by atoms with Gasteiger partial charge in [0.1, 0.15) is 6.67 Å². The number of carbonyl (C=O) groups excluding carboxylic acids is 1. The highest BCUT2D eigenvalue weighted by Crippen LogP contribution is 2.42. The van der Waals surface area contributed by atoms with Gasteiger partial charge in [0.15, 0.2) is 9.84 Å². The second kappa shape index (κ2) is 9.90. The van der Waals surface area contributed by atoms with Gasteiger partial charge in [-0.3, -0.25) is 14.5 Å². The number of nitrogens with zero attached hydrogens (tertiary/aromatic N) is 6. The second-order valence-electron chi connectivity index (χ2n) is 8.18. The Morgan fingerprint density at radius 1 is 1.32 bits per heavy atom. The quantitative estimate of drug-likeness (QED) is 0.212. The van der Waals surface area contributed by atoms with Gasteiger partial charge in [0.05, 0.1) is 11.9 Å². The van der Waals surface area contributed by atoms with E-state index in [0.717, 1.165) is 35.1 Å². The molecule has 11 heteroatoms. The Balaban J connectivity index is 1.50. The topological polar surface area (TPSA) is 143 Å². The molecule has 0 bridgehead atoms. The zero-order valence-electron chi connectivity index (χ0n) is 18.5. The fraction of sp³-hybridized carbons (Fsp3) is 0.261. The van der Waals surface area contributed by atoms with Gasteiger partial charge in [0, 0.05) is 52.6 Å². The van der Waals surface area contributed by atoms with Crippen molar-refractivity contribution in [2.24, 2.45) is 5.11 Å². The molecule has 0 atom stereocenters. The summed E-state index contributed by atoms with van der Waals surface area (Å²) in [7, 11) is -3.20. The van der Waals surface area contributed by atoms with Crippen LogP contribution >= 0.6 is 0 Å². The summed E-state index contributed by atoms with van der Waals surface area (Å²) < 4.78 is 25.2. The SMILES string of the molecule is CS(=O)(=O)Cc1cc(NC(=O)/C=C/c2cnccc2-c2cnn(CN=[N+]=[N-])c2)ccc1C1CC1. The van der Waals surface area contributed by atoms with Crippen LogP contribution in [0.5, 0.6) is 0 Å². The zero-order chi connectivity index (χ0) is 24.1. The molecule has 1 aliphatic carbocycles. The van der Waals surface area contributed by atoms with E-state index in [1.807, 2.05) is 6.07 Å². The van der Waals surface area contributed by atoms with Gasteiger partial charge in [-0.2, -0.15) is 5.10 Å². The van der Waals surface area contributed by atoms with E-state index in [1.54, 1.807) is 49.1 Å². The first-order valence-corrected chi connectivity index (χ1v) is 12.7. The van der Waals surface area contributed by atoms with E-state index >= 15 is 0 Å². The fourth-order valence-electron chi connectivity index (χ4n) is 3.71. The molecule has 2 heterocycles. The summed E-state index contributed by atoms with van der Waals surface area (Å²) in [6.07, 6.45) is 13.0. The second-order valence-corrected chi connectivity index (χ2v) is 10.3. The lowest BCUT2D eigenvalue weighted by atomic mass is 10.0. The molecule has 10 nitrogen and oxygen atoms in total. The van der Waals surface area contributed by atoms with Crippen molar-refractivity contribution < 1.29 is 13.2 Å². The third-order valence-corrected chi connectivity index (χ3v) is 6.16. The number of sulfone groups is 1. The molecular formula is C23H23N7O3S. The maximum absolute atomic E-state index is 12.6. The van der Waals surface area contributed by atoms with E-state index < -0.39 is 9.84 Å². The number of hydrogen-bond acceptors (Lipinski definition) is 6. The summed E-state index contributed by atoms with van der Waals surface area (Å²) in [6, 6.07) is 7.26. The predicted molar refractivity (Wildman–Crippen MR) is 129 cm³/mol. The number of amides is 1. The Kier molecular flexibility index (Phi) is 6.76. The minimum absolute atomic E-state index is 0.0508. The number of hydrogen-bond donors (Lipinski definition) is 1. The van der Waals surface area contributed by atoms with Crippen molar-refractivity contribution in [2.45, 2.75) is 31.2 Å². The number of aromatic nitrogens is 3. The van der Waals surface area contributed by atoms with Crippen molar-refractivity contribution in [3.63, 3.8) is 0 Å². The smallest absolute Gasteiger partial charge is 0.248 e. The minimum atomic E-state index is -3.20. The van der Waals surface area contributed by atoms with Crippen LogP contribution in [0.25, 0.3) is 27.6 Å². The van der Waals surface area contributed by atoms with Crippen LogP contribution in [0.1, 0.15) is 35.4 Å². The van der Waals surface area contributed by atoms with Crippen LogP contribution < -0.4 is 5.32 Å². The summed E-state index contributed by atoms with van der Waals surface area (Å²) in [6.45, 7) is 0.0794. The molecule has 1 saturated carbocycles. The molecule has 0 radical (unpaired) electrons. The molecule has 174 valence electrons. The third kappa shape index (κ3) is 6.09. The van der Waals surface area contributed by atoms with Crippen LogP contribution in [0.15, 0.2) is 60.2 Å². The van der Waals surface area contributed by atoms with Crippen molar-refractivity contribution in [3.8, 4) is 11.1 Å². The van der Waals surface area contributed by atoms with Gasteiger partial charge in [-0.25, -0.2) is 8.42 Å². The minimum Gasteiger partial charge on any atom is -0.323 e. The highest BCUT2D eigenvalue weighted by Gasteiger charge is 2.27. The summed E-state index contributed by atoms with van der Waals surface area (Å²) in [5, 5.41) is 10.5. The van der Waals surface area contributed by atoms with Gasteiger partial charge in [0.25, 0.3) is 0 Å². The van der Waals surface area contributed by atoms with Gasteiger partial charge < -0.3 is 5.32 Å². The lowest BCUT2D eigenvalue weighted by Gasteiger charge is -2.11. The van der Waals surface area contributed by atoms with Gasteiger partial charge in [-0.15, -0.1) is 0 Å². The molecule has 4 rings (SSSR count). The summed E-state index contributed by atoms with van der Waals surface area (Å²) in [5.41, 5.74) is 13.1. The van der Waals surface area contributed by atoms with Crippen molar-refractivity contribution in [1.82, 2.24) is 14.8 Å². The van der Waals surface area contributed by atoms with Crippen LogP contribution in [0.2, 0.25) is 0 Å². The largest absolute Gasteiger partial charge is 0.323 e. The molecule has 0 aliphatic heterocycles. The zero-order valence-corrected chi connectivity index (χ0v) is 19.3. The molecule has 0 spiro atoms. The number of nitrogens with one attached hydrogen (secondary N) is 1. The van der Waals surface area contributed by atoms with E-state index in [-0.39, 0.29) is 18.3 Å². The maximum Gasteiger partial charge on any atom is 0.248 e. The molecule has 1 fully saturated rings. The molecule has 34 heavy (non-hydrogen) atoms. The average molecular weight is 478 g/mol. The summed E-state index contributed by atoms with van der Waals surface area (Å²) >= 11 is 0. The monoisotopic (exact) mass is 477 g/mol. The van der Waals surface area contributed by atoms with Gasteiger partial charge in [-0.05, 0) is 65.3 Å². The highest BCUT2D eigenvalue weighted by atomic mass is 32.2. The lowest BCUT2D eigenvalue weighted by molar-refractivity contribution is -0.111. The van der Waals surface area contributed by atoms with E-state index in [9.17, 15) is 13.2 Å². The normalized spacial score (nSPS) is 13.6. The molecule has 3 aromatic rings. The Labute approximate surface area is 196 Å². The van der Waals surface area contributed by atoms with E-state index in [4.69, 9.17) is 5.53 Å². The van der Waals surface area contributed by atoms with Crippen LogP contribution in [-0.4, -0.2) is 35.3 Å². The summed E-state index contributed by atoms with van der Waals surface area (Å²) in [4.78, 5) is 19.4. The first kappa shape index (κ1) is 23.2. The third-order valence-electron chi connectivity index (χ3n) is 5.33. The molecule has 0 saturated heterocycles. The molecule has 0 unspecified atom stereocenters. The Morgan fingerprint density at radius 3 is 2.88 bits per heavy atom. The van der Waals surface area contributed by atoms with Crippen molar-refractivity contribution >= 4 is 27.5 Å². The van der Waals surface area contributed by atoms with Gasteiger partial charge in [-0.1, -0.05) is 11.2 Å². The predicted octanol–water partition coefficient (Wildman–Crippen LogP) is 4.29. The summed E-state index contributed by atoms with van der Waals surface area (Å²) in [5.74, 6) is 0.00456. The Bertz CT molecular complexity index is 1400. The highest BCUT2D eigenvalue weighted by molar-refractivity contribution is 7.89. The van der Waals surface area contributed by atoms with Crippen LogP contribution in [0, 0.1) is 0 Å². The van der Waals surface area contributed by atoms with E-state index in [1.165, 1.54) is 17.0 Å². The lowest BCUT2D eigenvalue weighted by Crippen LogP contribution is -2.10. The first-order chi connectivity index (χ1) is 16.3. The number of carbonyl (C=O) groups is 1. The fourth-order valence-corrected chi connectivity index (χ4v) is 4.52. The number of anilines is 1. The van der Waals surface area contributed by atoms with Crippen LogP contribution in [0.4, 0.5) is 5.69 Å². The number of pyridine rings is 1. The Morgan fingerprint density at radius 2 is 2.15 bits per heavy atom. The average Bonchev–Trinajstić information content (AvgIpc) is 3.52. The van der Waals surface area contributed by atoms with Crippen LogP contribution in [-0.2, 0) is 27.1 Å². The van der Waals surface area contributed by atoms with E-state index in [0.29, 0.717) is 17.2 Å².